The number of fused-ring (bicyclic) bond motifs is 1. The summed E-state index contributed by atoms with van der Waals surface area (Å²) in [6.45, 7) is 0.590. The predicted molar refractivity (Wildman–Crippen MR) is 103 cm³/mol. The quantitative estimate of drug-likeness (QED) is 0.658. The van der Waals surface area contributed by atoms with Crippen molar-refractivity contribution in [3.63, 3.8) is 0 Å². The number of anilines is 1. The van der Waals surface area contributed by atoms with Gasteiger partial charge in [0.1, 0.15) is 0 Å². The minimum Gasteiger partial charge on any atom is -0.494 e. The third-order valence-corrected chi connectivity index (χ3v) is 5.84. The summed E-state index contributed by atoms with van der Waals surface area (Å²) in [5, 5.41) is 18.3. The highest BCUT2D eigenvalue weighted by molar-refractivity contribution is 6.15. The zero-order valence-electron chi connectivity index (χ0n) is 14.5. The van der Waals surface area contributed by atoms with E-state index in [9.17, 15) is 9.90 Å². The highest BCUT2D eigenvalue weighted by Gasteiger charge is 2.28. The molecule has 0 amide bonds. The Balaban J connectivity index is 1.91. The molecular formula is C20H22N4O2. The second-order valence-corrected chi connectivity index (χ2v) is 7.34. The van der Waals surface area contributed by atoms with Gasteiger partial charge in [-0.05, 0) is 37.1 Å². The van der Waals surface area contributed by atoms with Crippen molar-refractivity contribution in [2.45, 2.75) is 44.3 Å². The Kier molecular flexibility index (Phi) is 3.43. The lowest BCUT2D eigenvalue weighted by Gasteiger charge is -2.29. The average molecular weight is 350 g/mol. The molecule has 0 bridgehead atoms. The van der Waals surface area contributed by atoms with Crippen molar-refractivity contribution in [3.8, 4) is 5.88 Å². The van der Waals surface area contributed by atoms with Gasteiger partial charge in [0.2, 0.25) is 5.88 Å². The summed E-state index contributed by atoms with van der Waals surface area (Å²) in [5.74, 6) is -0.0155. The fourth-order valence-corrected chi connectivity index (χ4v) is 4.61. The number of aromatic nitrogens is 1. The standard InChI is InChI=1S/C20H22N4O2/c21-9-10-24-19(25)11-5-7-15-18-16(8-6-12(17(11)18)20(24)26)23-14-4-2-1-3-13(14)22-15/h5-8,13-14,22,26H,1-4,9-10,21H2. The SMILES string of the molecule is NCCn1c(O)c2ccc3c4c(ccc(c1=O)c24)NC1CCCCC1N=3. The van der Waals surface area contributed by atoms with Gasteiger partial charge in [-0.25, -0.2) is 0 Å². The number of nitrogens with one attached hydrogen (secondary N) is 1. The maximum atomic E-state index is 12.9. The Labute approximate surface area is 150 Å². The highest BCUT2D eigenvalue weighted by Crippen LogP contribution is 2.35. The van der Waals surface area contributed by atoms with Crippen LogP contribution in [0.15, 0.2) is 34.1 Å². The van der Waals surface area contributed by atoms with E-state index < -0.39 is 0 Å². The van der Waals surface area contributed by atoms with Crippen LogP contribution in [0.4, 0.5) is 5.69 Å². The van der Waals surface area contributed by atoms with Crippen molar-refractivity contribution >= 4 is 27.2 Å². The predicted octanol–water partition coefficient (Wildman–Crippen LogP) is 1.89. The van der Waals surface area contributed by atoms with Crippen LogP contribution in [-0.2, 0) is 6.54 Å². The van der Waals surface area contributed by atoms with Crippen LogP contribution in [-0.4, -0.2) is 28.3 Å². The van der Waals surface area contributed by atoms with Crippen LogP contribution in [0.25, 0.3) is 21.5 Å². The summed E-state index contributed by atoms with van der Waals surface area (Å²) in [5.41, 5.74) is 6.43. The van der Waals surface area contributed by atoms with Gasteiger partial charge in [-0.15, -0.1) is 0 Å². The Morgan fingerprint density at radius 1 is 1.15 bits per heavy atom. The van der Waals surface area contributed by atoms with Gasteiger partial charge in [-0.2, -0.15) is 0 Å². The molecule has 0 saturated heterocycles. The molecule has 2 heterocycles. The Bertz CT molecular complexity index is 1130. The van der Waals surface area contributed by atoms with Gasteiger partial charge in [-0.3, -0.25) is 14.4 Å². The molecule has 6 nitrogen and oxygen atoms in total. The van der Waals surface area contributed by atoms with Crippen LogP contribution < -0.4 is 22.0 Å². The molecule has 4 N–H and O–H groups in total. The van der Waals surface area contributed by atoms with Crippen molar-refractivity contribution in [2.24, 2.45) is 10.7 Å². The largest absolute Gasteiger partial charge is 0.494 e. The van der Waals surface area contributed by atoms with E-state index in [2.05, 4.69) is 5.32 Å². The molecule has 2 unspecified atom stereocenters. The zero-order valence-corrected chi connectivity index (χ0v) is 14.5. The van der Waals surface area contributed by atoms with Gasteiger partial charge in [0.25, 0.3) is 5.56 Å². The van der Waals surface area contributed by atoms with Crippen molar-refractivity contribution < 1.29 is 5.11 Å². The maximum absolute atomic E-state index is 12.9. The van der Waals surface area contributed by atoms with E-state index in [1.165, 1.54) is 17.4 Å². The van der Waals surface area contributed by atoms with E-state index in [-0.39, 0.29) is 17.5 Å². The zero-order chi connectivity index (χ0) is 17.8. The molecule has 134 valence electrons. The minimum atomic E-state index is -0.203. The maximum Gasteiger partial charge on any atom is 0.261 e. The molecular weight excluding hydrogens is 328 g/mol. The summed E-state index contributed by atoms with van der Waals surface area (Å²) < 4.78 is 1.36. The van der Waals surface area contributed by atoms with Gasteiger partial charge >= 0.3 is 0 Å². The first-order valence-electron chi connectivity index (χ1n) is 9.34. The summed E-state index contributed by atoms with van der Waals surface area (Å²) in [7, 11) is 0. The molecule has 2 aliphatic rings. The van der Waals surface area contributed by atoms with Gasteiger partial charge < -0.3 is 16.2 Å². The van der Waals surface area contributed by atoms with E-state index in [4.69, 9.17) is 10.7 Å². The third-order valence-electron chi connectivity index (χ3n) is 5.84. The molecule has 5 rings (SSSR count). The molecule has 1 saturated carbocycles. The highest BCUT2D eigenvalue weighted by atomic mass is 16.3. The fourth-order valence-electron chi connectivity index (χ4n) is 4.61. The molecule has 1 aliphatic carbocycles. The van der Waals surface area contributed by atoms with Crippen LogP contribution >= 0.6 is 0 Å². The molecule has 2 aromatic carbocycles. The molecule has 1 fully saturated rings. The summed E-state index contributed by atoms with van der Waals surface area (Å²) in [6, 6.07) is 8.29. The van der Waals surface area contributed by atoms with E-state index in [1.54, 1.807) is 0 Å². The second kappa shape index (κ2) is 5.71. The molecule has 3 aromatic rings. The molecule has 26 heavy (non-hydrogen) atoms. The van der Waals surface area contributed by atoms with Gasteiger partial charge in [0, 0.05) is 46.4 Å². The lowest BCUT2D eigenvalue weighted by atomic mass is 9.91. The fraction of sp³-hybridized carbons (Fsp3) is 0.400. The Hall–Kier alpha value is -2.60. The smallest absolute Gasteiger partial charge is 0.261 e. The molecule has 6 heteroatoms. The third kappa shape index (κ3) is 2.08. The van der Waals surface area contributed by atoms with E-state index >= 15 is 0 Å². The number of nitrogens with two attached hydrogens (primary N) is 1. The van der Waals surface area contributed by atoms with E-state index in [0.717, 1.165) is 34.7 Å². The van der Waals surface area contributed by atoms with Crippen LogP contribution in [0, 0.1) is 0 Å². The normalized spacial score (nSPS) is 21.9. The monoisotopic (exact) mass is 350 g/mol. The first-order valence-corrected chi connectivity index (χ1v) is 9.34. The summed E-state index contributed by atoms with van der Waals surface area (Å²) >= 11 is 0. The number of rotatable bonds is 2. The topological polar surface area (TPSA) is 92.6 Å². The lowest BCUT2D eigenvalue weighted by Crippen LogP contribution is -2.35. The Morgan fingerprint density at radius 2 is 1.96 bits per heavy atom. The first-order chi connectivity index (χ1) is 12.7. The second-order valence-electron chi connectivity index (χ2n) is 7.34. The van der Waals surface area contributed by atoms with Crippen molar-refractivity contribution in [3.05, 3.63) is 40.0 Å². The number of nitrogens with zero attached hydrogens (tertiary/aromatic N) is 2. The summed E-state index contributed by atoms with van der Waals surface area (Å²) in [6.07, 6.45) is 4.62. The molecule has 2 atom stereocenters. The number of aromatic hydroxyl groups is 1. The minimum absolute atomic E-state index is 0.0155. The number of hydrogen-bond acceptors (Lipinski definition) is 5. The molecule has 0 radical (unpaired) electrons. The first kappa shape index (κ1) is 15.6. The van der Waals surface area contributed by atoms with Crippen LogP contribution in [0.5, 0.6) is 5.88 Å². The number of pyridine rings is 1. The van der Waals surface area contributed by atoms with E-state index in [0.29, 0.717) is 29.9 Å². The van der Waals surface area contributed by atoms with Crippen molar-refractivity contribution in [1.82, 2.24) is 4.57 Å². The van der Waals surface area contributed by atoms with Crippen LogP contribution in [0.1, 0.15) is 25.7 Å². The van der Waals surface area contributed by atoms with Gasteiger partial charge in [0.15, 0.2) is 0 Å². The molecule has 1 aromatic heterocycles. The number of hydrogen-bond donors (Lipinski definition) is 3. The average Bonchev–Trinajstić information content (AvgIpc) is 2.82. The van der Waals surface area contributed by atoms with Crippen molar-refractivity contribution in [2.75, 3.05) is 11.9 Å². The van der Waals surface area contributed by atoms with Gasteiger partial charge in [-0.1, -0.05) is 12.8 Å². The lowest BCUT2D eigenvalue weighted by molar-refractivity contribution is 0.402. The van der Waals surface area contributed by atoms with Crippen LogP contribution in [0.2, 0.25) is 0 Å². The molecule has 0 spiro atoms. The summed E-state index contributed by atoms with van der Waals surface area (Å²) in [4.78, 5) is 17.9. The van der Waals surface area contributed by atoms with E-state index in [1.807, 2.05) is 24.3 Å². The van der Waals surface area contributed by atoms with Gasteiger partial charge in [0.05, 0.1) is 11.4 Å². The van der Waals surface area contributed by atoms with Crippen LogP contribution in [0.3, 0.4) is 0 Å². The molecule has 1 aliphatic heterocycles. The number of benzene rings is 2. The Morgan fingerprint density at radius 3 is 2.81 bits per heavy atom. The van der Waals surface area contributed by atoms with Crippen molar-refractivity contribution in [1.29, 1.82) is 0 Å².